The van der Waals surface area contributed by atoms with Gasteiger partial charge in [0.25, 0.3) is 0 Å². The zero-order valence-electron chi connectivity index (χ0n) is 25.3. The Labute approximate surface area is 275 Å². The van der Waals surface area contributed by atoms with E-state index in [-0.39, 0.29) is 34.1 Å². The Morgan fingerprint density at radius 1 is 0.238 bits per heavy atom. The van der Waals surface area contributed by atoms with Crippen LogP contribution in [-0.4, -0.2) is 49.3 Å². The van der Waals surface area contributed by atoms with Crippen LogP contribution >= 0.6 is 17.0 Å². The summed E-state index contributed by atoms with van der Waals surface area (Å²) in [6.07, 6.45) is 25.6. The number of halogens is 1. The van der Waals surface area contributed by atoms with Crippen LogP contribution in [0.2, 0.25) is 0 Å². The van der Waals surface area contributed by atoms with Crippen molar-refractivity contribution in [1.82, 2.24) is 42.5 Å². The van der Waals surface area contributed by atoms with E-state index in [1.54, 1.807) is 0 Å². The third kappa shape index (κ3) is 5.42. The minimum Gasteiger partial charge on any atom is -0.286 e. The first-order chi connectivity index (χ1) is 19.8. The van der Waals surface area contributed by atoms with Crippen LogP contribution in [0.1, 0.15) is 103 Å². The van der Waals surface area contributed by atoms with Crippen LogP contribution in [0.5, 0.6) is 0 Å². The Balaban J connectivity index is 0.00000144. The molecule has 8 atom stereocenters. The molecular weight excluding hydrogens is 640 g/mol. The van der Waals surface area contributed by atoms with Crippen LogP contribution in [0.15, 0.2) is 0 Å². The molecule has 8 nitrogen and oxygen atoms in total. The zero-order valence-corrected chi connectivity index (χ0v) is 27.9. The average molecular weight is 697 g/mol. The Morgan fingerprint density at radius 3 is 0.476 bits per heavy atom. The molecule has 0 amide bonds. The van der Waals surface area contributed by atoms with Gasteiger partial charge in [0.1, 0.15) is 0 Å². The number of nitrogens with one attached hydrogen (secondary N) is 8. The molecule has 8 unspecified atom stereocenters. The summed E-state index contributed by atoms with van der Waals surface area (Å²) in [5, 5.41) is 33.8. The second-order valence-electron chi connectivity index (χ2n) is 15.6. The molecule has 8 N–H and O–H groups in total. The molecule has 0 aromatic rings. The summed E-state index contributed by atoms with van der Waals surface area (Å²) in [6.45, 7) is 0. The van der Waals surface area contributed by atoms with E-state index in [0.29, 0.717) is 49.3 Å². The van der Waals surface area contributed by atoms with Gasteiger partial charge in [-0.1, -0.05) is 51.4 Å². The largest absolute Gasteiger partial charge is 0.286 e. The molecule has 5 aliphatic heterocycles. The molecule has 9 aliphatic rings. The molecule has 8 bridgehead atoms. The van der Waals surface area contributed by atoms with Crippen LogP contribution < -0.4 is 42.5 Å². The van der Waals surface area contributed by atoms with E-state index in [9.17, 15) is 0 Å². The molecule has 1 radical (unpaired) electrons. The molecule has 5 heterocycles. The summed E-state index contributed by atoms with van der Waals surface area (Å²) in [5.74, 6) is 5.97. The fraction of sp³-hybridized carbons (Fsp3) is 1.00. The molecule has 243 valence electrons. The maximum absolute atomic E-state index is 4.26. The van der Waals surface area contributed by atoms with Crippen LogP contribution in [0.4, 0.5) is 0 Å². The predicted octanol–water partition coefficient (Wildman–Crippen LogP) is 3.18. The fourth-order valence-corrected chi connectivity index (χ4v) is 12.0. The minimum absolute atomic E-state index is 0. The van der Waals surface area contributed by atoms with Crippen molar-refractivity contribution < 1.29 is 17.1 Å². The zero-order chi connectivity index (χ0) is 26.2. The Kier molecular flexibility index (Phi) is 9.73. The standard InChI is InChI=1S/C32H56N8.BrH.Cu/c1-2-10-18-17(9-1)25-33-26(18)38-28-21-13-5-6-14-22(21)30(35-28)40-32-24-16-8-7-15-23(24)31(36-32)39-29-20-12-4-3-11-19(20)27(34-29)37-25;;/h17-40H,1-16H2;1H;. The molecule has 9 fully saturated rings. The van der Waals surface area contributed by atoms with Crippen molar-refractivity contribution in [3.05, 3.63) is 0 Å². The summed E-state index contributed by atoms with van der Waals surface area (Å²) in [5.41, 5.74) is 0. The van der Waals surface area contributed by atoms with Gasteiger partial charge in [0.2, 0.25) is 0 Å². The van der Waals surface area contributed by atoms with Gasteiger partial charge in [-0.2, -0.15) is 0 Å². The van der Waals surface area contributed by atoms with Gasteiger partial charge in [0.15, 0.2) is 0 Å². The summed E-state index contributed by atoms with van der Waals surface area (Å²) in [7, 11) is 0. The number of hydrogen-bond donors (Lipinski definition) is 8. The fourth-order valence-electron chi connectivity index (χ4n) is 12.0. The van der Waals surface area contributed by atoms with Crippen molar-refractivity contribution in [3.8, 4) is 0 Å². The Hall–Kier alpha value is 0.679. The predicted molar refractivity (Wildman–Crippen MR) is 168 cm³/mol. The number of fused-ring (bicyclic) bond motifs is 20. The van der Waals surface area contributed by atoms with E-state index in [4.69, 9.17) is 0 Å². The van der Waals surface area contributed by atoms with Crippen LogP contribution in [-0.2, 0) is 17.1 Å². The third-order valence-electron chi connectivity index (χ3n) is 13.8. The number of hydrogen-bond acceptors (Lipinski definition) is 8. The van der Waals surface area contributed by atoms with Crippen molar-refractivity contribution in [2.75, 3.05) is 0 Å². The monoisotopic (exact) mass is 695 g/mol. The van der Waals surface area contributed by atoms with E-state index >= 15 is 0 Å². The minimum atomic E-state index is 0. The second-order valence-corrected chi connectivity index (χ2v) is 15.6. The molecule has 4 saturated carbocycles. The maximum atomic E-state index is 4.26. The SMILES string of the molecule is Br.C1CCC2C3NC(NC4NC(NC5NC(NC6NC(N3)C3CCCCC63)C3CCCCC53)C3CCCCC43)C2C1.[Cu]. The summed E-state index contributed by atoms with van der Waals surface area (Å²) in [4.78, 5) is 0. The van der Waals surface area contributed by atoms with Crippen molar-refractivity contribution >= 4 is 17.0 Å². The number of rotatable bonds is 0. The molecular formula is C32H57BrCuN8. The van der Waals surface area contributed by atoms with Crippen LogP contribution in [0.3, 0.4) is 0 Å². The van der Waals surface area contributed by atoms with Gasteiger partial charge in [-0.05, 0) is 98.7 Å². The van der Waals surface area contributed by atoms with Gasteiger partial charge in [0, 0.05) is 17.1 Å². The van der Waals surface area contributed by atoms with Crippen molar-refractivity contribution in [1.29, 1.82) is 0 Å². The maximum Gasteiger partial charge on any atom is 0.0628 e. The van der Waals surface area contributed by atoms with Crippen molar-refractivity contribution in [2.45, 2.75) is 152 Å². The van der Waals surface area contributed by atoms with Gasteiger partial charge in [-0.15, -0.1) is 17.0 Å². The van der Waals surface area contributed by atoms with E-state index < -0.39 is 0 Å². The quantitative estimate of drug-likeness (QED) is 0.183. The normalized spacial score (nSPS) is 54.9. The molecule has 4 aliphatic carbocycles. The molecule has 9 rings (SSSR count). The molecule has 10 heteroatoms. The smallest absolute Gasteiger partial charge is 0.0628 e. The van der Waals surface area contributed by atoms with E-state index in [1.807, 2.05) is 0 Å². The molecule has 42 heavy (non-hydrogen) atoms. The van der Waals surface area contributed by atoms with Crippen LogP contribution in [0, 0.1) is 47.3 Å². The van der Waals surface area contributed by atoms with Gasteiger partial charge >= 0.3 is 0 Å². The Morgan fingerprint density at radius 2 is 0.357 bits per heavy atom. The van der Waals surface area contributed by atoms with Crippen LogP contribution in [0.25, 0.3) is 0 Å². The summed E-state index contributed by atoms with van der Waals surface area (Å²) < 4.78 is 0. The van der Waals surface area contributed by atoms with Gasteiger partial charge in [-0.25, -0.2) is 0 Å². The Bertz CT molecular complexity index is 723. The van der Waals surface area contributed by atoms with Crippen molar-refractivity contribution in [2.24, 2.45) is 47.3 Å². The summed E-state index contributed by atoms with van der Waals surface area (Å²) in [6, 6.07) is 0. The van der Waals surface area contributed by atoms with Gasteiger partial charge in [-0.3, -0.25) is 42.5 Å². The van der Waals surface area contributed by atoms with Crippen molar-refractivity contribution in [3.63, 3.8) is 0 Å². The second kappa shape index (κ2) is 13.1. The van der Waals surface area contributed by atoms with E-state index in [2.05, 4.69) is 42.5 Å². The topological polar surface area (TPSA) is 96.2 Å². The summed E-state index contributed by atoms with van der Waals surface area (Å²) >= 11 is 0. The van der Waals surface area contributed by atoms with Gasteiger partial charge in [0.05, 0.1) is 49.3 Å². The first kappa shape index (κ1) is 31.3. The molecule has 5 saturated heterocycles. The van der Waals surface area contributed by atoms with E-state index in [1.165, 1.54) is 103 Å². The molecule has 0 aromatic carbocycles. The van der Waals surface area contributed by atoms with E-state index in [0.717, 1.165) is 47.3 Å². The van der Waals surface area contributed by atoms with Gasteiger partial charge < -0.3 is 0 Å². The first-order valence-electron chi connectivity index (χ1n) is 17.9. The average Bonchev–Trinajstić information content (AvgIpc) is 3.73. The third-order valence-corrected chi connectivity index (χ3v) is 13.8. The molecule has 0 spiro atoms. The molecule has 0 aromatic heterocycles. The first-order valence-corrected chi connectivity index (χ1v) is 17.9.